The van der Waals surface area contributed by atoms with E-state index in [4.69, 9.17) is 9.47 Å². The van der Waals surface area contributed by atoms with Crippen molar-refractivity contribution in [3.8, 4) is 21.6 Å². The van der Waals surface area contributed by atoms with Crippen LogP contribution < -0.4 is 5.32 Å². The van der Waals surface area contributed by atoms with Crippen LogP contribution in [0.5, 0.6) is 0 Å². The van der Waals surface area contributed by atoms with E-state index in [1.807, 2.05) is 30.3 Å². The average Bonchev–Trinajstić information content (AvgIpc) is 3.33. The van der Waals surface area contributed by atoms with E-state index < -0.39 is 29.1 Å². The number of aryl methyl sites for hydroxylation is 1. The van der Waals surface area contributed by atoms with E-state index >= 15 is 8.78 Å². The summed E-state index contributed by atoms with van der Waals surface area (Å²) in [6.45, 7) is 2.39. The summed E-state index contributed by atoms with van der Waals surface area (Å²) in [7, 11) is 0. The fourth-order valence-corrected chi connectivity index (χ4v) is 5.68. The van der Waals surface area contributed by atoms with Crippen LogP contribution in [0.4, 0.5) is 19.3 Å². The topological polar surface area (TPSA) is 97.8 Å². The predicted octanol–water partition coefficient (Wildman–Crippen LogP) is 6.95. The smallest absolute Gasteiger partial charge is 0.412 e. The van der Waals surface area contributed by atoms with Gasteiger partial charge < -0.3 is 14.6 Å². The molecule has 0 bridgehead atoms. The first kappa shape index (κ1) is 27.4. The standard InChI is InChI=1S/C30H26F2N2O5S/c1-18-26(33-29(37)39-17-19-5-3-2-4-6-19)27(40-34-18)23-16-24(31)22(15-25(23)32)20-7-9-21(10-8-20)30(28(35)36)11-13-38-14-12-30/h2-10,15-16H,11-14,17H2,1H3,(H,33,37)(H,35,36). The molecule has 5 rings (SSSR count). The van der Waals surface area contributed by atoms with Crippen molar-refractivity contribution in [2.75, 3.05) is 18.5 Å². The number of carboxylic acids is 1. The zero-order valence-electron chi connectivity index (χ0n) is 21.6. The van der Waals surface area contributed by atoms with Crippen LogP contribution in [0.3, 0.4) is 0 Å². The number of rotatable bonds is 7. The fourth-order valence-electron chi connectivity index (χ4n) is 4.82. The number of nitrogens with one attached hydrogen (secondary N) is 1. The minimum atomic E-state index is -1.07. The number of anilines is 1. The van der Waals surface area contributed by atoms with Gasteiger partial charge in [-0.25, -0.2) is 13.6 Å². The molecule has 1 fully saturated rings. The first-order valence-corrected chi connectivity index (χ1v) is 13.4. The number of aromatic nitrogens is 1. The summed E-state index contributed by atoms with van der Waals surface area (Å²) in [4.78, 5) is 24.8. The highest BCUT2D eigenvalue weighted by Gasteiger charge is 2.41. The molecule has 4 aromatic rings. The Kier molecular flexibility index (Phi) is 7.90. The largest absolute Gasteiger partial charge is 0.481 e. The summed E-state index contributed by atoms with van der Waals surface area (Å²) in [5, 5.41) is 12.5. The monoisotopic (exact) mass is 564 g/mol. The van der Waals surface area contributed by atoms with Crippen LogP contribution in [0.2, 0.25) is 0 Å². The van der Waals surface area contributed by atoms with Crippen LogP contribution in [0, 0.1) is 18.6 Å². The highest BCUT2D eigenvalue weighted by Crippen LogP contribution is 2.40. The molecule has 1 aliphatic heterocycles. The summed E-state index contributed by atoms with van der Waals surface area (Å²) in [6, 6.07) is 17.8. The Balaban J connectivity index is 1.38. The van der Waals surface area contributed by atoms with Gasteiger partial charge in [0.1, 0.15) is 18.2 Å². The first-order valence-electron chi connectivity index (χ1n) is 12.6. The lowest BCUT2D eigenvalue weighted by Gasteiger charge is -2.33. The number of carbonyl (C=O) groups excluding carboxylic acids is 1. The molecule has 0 spiro atoms. The number of amides is 1. The Morgan fingerprint density at radius 2 is 1.68 bits per heavy atom. The Morgan fingerprint density at radius 3 is 2.35 bits per heavy atom. The number of hydrogen-bond acceptors (Lipinski definition) is 6. The molecular formula is C30H26F2N2O5S. The summed E-state index contributed by atoms with van der Waals surface area (Å²) in [6.07, 6.45) is -0.0669. The predicted molar refractivity (Wildman–Crippen MR) is 147 cm³/mol. The minimum absolute atomic E-state index is 0.0298. The normalized spacial score (nSPS) is 14.5. The molecule has 0 aliphatic carbocycles. The first-order chi connectivity index (χ1) is 19.3. The van der Waals surface area contributed by atoms with Crippen molar-refractivity contribution in [3.63, 3.8) is 0 Å². The maximum atomic E-state index is 15.4. The highest BCUT2D eigenvalue weighted by atomic mass is 32.1. The third kappa shape index (κ3) is 5.45. The summed E-state index contributed by atoms with van der Waals surface area (Å²) in [5.74, 6) is -2.30. The lowest BCUT2D eigenvalue weighted by atomic mass is 9.74. The average molecular weight is 565 g/mol. The lowest BCUT2D eigenvalue weighted by Crippen LogP contribution is -2.41. The molecule has 0 atom stereocenters. The van der Waals surface area contributed by atoms with E-state index in [0.717, 1.165) is 29.2 Å². The Bertz CT molecular complexity index is 1530. The van der Waals surface area contributed by atoms with Gasteiger partial charge in [0.15, 0.2) is 0 Å². The molecule has 10 heteroatoms. The third-order valence-electron chi connectivity index (χ3n) is 7.11. The number of hydrogen-bond donors (Lipinski definition) is 2. The second-order valence-corrected chi connectivity index (χ2v) is 10.3. The number of ether oxygens (including phenoxy) is 2. The van der Waals surface area contributed by atoms with Gasteiger partial charge in [-0.2, -0.15) is 4.37 Å². The molecule has 2 heterocycles. The van der Waals surface area contributed by atoms with Gasteiger partial charge in [0, 0.05) is 24.3 Å². The number of benzene rings is 3. The van der Waals surface area contributed by atoms with Gasteiger partial charge in [-0.3, -0.25) is 10.1 Å². The maximum Gasteiger partial charge on any atom is 0.412 e. The van der Waals surface area contributed by atoms with E-state index in [1.54, 1.807) is 31.2 Å². The van der Waals surface area contributed by atoms with Crippen molar-refractivity contribution < 1.29 is 33.0 Å². The van der Waals surface area contributed by atoms with Crippen molar-refractivity contribution >= 4 is 29.3 Å². The van der Waals surface area contributed by atoms with Gasteiger partial charge in [0.2, 0.25) is 0 Å². The van der Waals surface area contributed by atoms with Crippen LogP contribution in [-0.4, -0.2) is 34.8 Å². The van der Waals surface area contributed by atoms with Gasteiger partial charge in [-0.05, 0) is 60.1 Å². The molecule has 0 unspecified atom stereocenters. The molecule has 1 saturated heterocycles. The second-order valence-electron chi connectivity index (χ2n) is 9.55. The van der Waals surface area contributed by atoms with Gasteiger partial charge in [-0.1, -0.05) is 54.6 Å². The van der Waals surface area contributed by atoms with E-state index in [0.29, 0.717) is 42.9 Å². The van der Waals surface area contributed by atoms with Crippen molar-refractivity contribution in [2.24, 2.45) is 0 Å². The molecule has 1 amide bonds. The summed E-state index contributed by atoms with van der Waals surface area (Å²) >= 11 is 0.937. The van der Waals surface area contributed by atoms with Crippen LogP contribution in [0.15, 0.2) is 66.7 Å². The third-order valence-corrected chi connectivity index (χ3v) is 8.08. The highest BCUT2D eigenvalue weighted by molar-refractivity contribution is 7.10. The number of carboxylic acid groups (broad SMARTS) is 1. The van der Waals surface area contributed by atoms with Gasteiger partial charge >= 0.3 is 12.1 Å². The van der Waals surface area contributed by atoms with Crippen molar-refractivity contribution in [3.05, 3.63) is 95.2 Å². The molecule has 7 nitrogen and oxygen atoms in total. The van der Waals surface area contributed by atoms with Crippen molar-refractivity contribution in [1.82, 2.24) is 4.37 Å². The van der Waals surface area contributed by atoms with Gasteiger partial charge in [0.05, 0.1) is 21.7 Å². The Labute approximate surface area is 233 Å². The van der Waals surface area contributed by atoms with E-state index in [-0.39, 0.29) is 28.3 Å². The van der Waals surface area contributed by atoms with Crippen molar-refractivity contribution in [1.29, 1.82) is 0 Å². The number of nitrogens with zero attached hydrogens (tertiary/aromatic N) is 1. The minimum Gasteiger partial charge on any atom is -0.481 e. The molecular weight excluding hydrogens is 538 g/mol. The zero-order chi connectivity index (χ0) is 28.3. The summed E-state index contributed by atoms with van der Waals surface area (Å²) < 4.78 is 45.6. The van der Waals surface area contributed by atoms with Crippen LogP contribution in [-0.2, 0) is 26.3 Å². The molecule has 2 N–H and O–H groups in total. The SMILES string of the molecule is Cc1nsc(-c2cc(F)c(-c3ccc(C4(C(=O)O)CCOCC4)cc3)cc2F)c1NC(=O)OCc1ccccc1. The second kappa shape index (κ2) is 11.5. The van der Waals surface area contributed by atoms with Crippen LogP contribution >= 0.6 is 11.5 Å². The molecule has 0 saturated carbocycles. The van der Waals surface area contributed by atoms with Crippen molar-refractivity contribution in [2.45, 2.75) is 31.8 Å². The molecule has 3 aromatic carbocycles. The lowest BCUT2D eigenvalue weighted by molar-refractivity contribution is -0.147. The number of aliphatic carboxylic acids is 1. The quantitative estimate of drug-likeness (QED) is 0.252. The van der Waals surface area contributed by atoms with Crippen LogP contribution in [0.1, 0.15) is 29.7 Å². The number of carbonyl (C=O) groups is 2. The Hall–Kier alpha value is -4.15. The molecule has 40 heavy (non-hydrogen) atoms. The molecule has 1 aliphatic rings. The maximum absolute atomic E-state index is 15.4. The molecule has 1 aromatic heterocycles. The zero-order valence-corrected chi connectivity index (χ0v) is 22.4. The van der Waals surface area contributed by atoms with Gasteiger partial charge in [0.25, 0.3) is 0 Å². The van der Waals surface area contributed by atoms with Gasteiger partial charge in [-0.15, -0.1) is 0 Å². The molecule has 206 valence electrons. The van der Waals surface area contributed by atoms with E-state index in [1.165, 1.54) is 0 Å². The molecule has 0 radical (unpaired) electrons. The van der Waals surface area contributed by atoms with E-state index in [9.17, 15) is 14.7 Å². The summed E-state index contributed by atoms with van der Waals surface area (Å²) in [5.41, 5.74) is 1.41. The number of halogens is 2. The Morgan fingerprint density at radius 1 is 1.02 bits per heavy atom. The van der Waals surface area contributed by atoms with Crippen LogP contribution in [0.25, 0.3) is 21.6 Å². The van der Waals surface area contributed by atoms with E-state index in [2.05, 4.69) is 9.69 Å². The fraction of sp³-hybridized carbons (Fsp3) is 0.233.